The zero-order valence-electron chi connectivity index (χ0n) is 68.1. The van der Waals surface area contributed by atoms with E-state index in [1.54, 1.807) is 0 Å². The van der Waals surface area contributed by atoms with E-state index in [1.165, 1.54) is 302 Å². The quantitative estimate of drug-likeness (QED) is 0.0342. The van der Waals surface area contributed by atoms with Crippen LogP contribution in [0.15, 0.2) is 95.4 Å². The SMILES string of the molecule is CCCCCCCCCCCCCCCCOc1ccc2cc(-c3nnc(-c4ccc5nc(-c6ccc(OCCCCCCCCCCCC)c(OCCCCCCCCCCCC)c6)c(-c6ccc(OCCCCCCCCCCCC)c(OCCCCCCCCCCCC)c6)nc5c4)o3)ccc2c1. The largest absolute Gasteiger partial charge is 0.494 e. The molecular formula is C96H148N4O6. The van der Waals surface area contributed by atoms with Crippen molar-refractivity contribution >= 4 is 21.8 Å². The van der Waals surface area contributed by atoms with Crippen LogP contribution in [0.25, 0.3) is 67.2 Å². The summed E-state index contributed by atoms with van der Waals surface area (Å²) < 4.78 is 39.8. The lowest BCUT2D eigenvalue weighted by molar-refractivity contribution is 0.258. The summed E-state index contributed by atoms with van der Waals surface area (Å²) in [5.41, 5.74) is 6.39. The molecule has 7 rings (SSSR count). The van der Waals surface area contributed by atoms with Crippen molar-refractivity contribution in [3.63, 3.8) is 0 Å². The molecule has 0 unspecified atom stereocenters. The maximum Gasteiger partial charge on any atom is 0.248 e. The van der Waals surface area contributed by atoms with E-state index in [4.69, 9.17) is 38.1 Å². The zero-order valence-corrected chi connectivity index (χ0v) is 68.1. The predicted octanol–water partition coefficient (Wildman–Crippen LogP) is 30.9. The monoisotopic (exact) mass is 1450 g/mol. The Kier molecular flexibility index (Phi) is 46.8. The summed E-state index contributed by atoms with van der Waals surface area (Å²) in [5.74, 6) is 4.84. The van der Waals surface area contributed by atoms with Gasteiger partial charge in [-0.25, -0.2) is 9.97 Å². The first-order chi connectivity index (χ1) is 52.5. The summed E-state index contributed by atoms with van der Waals surface area (Å²) in [6.45, 7) is 14.8. The molecule has 0 saturated carbocycles. The minimum absolute atomic E-state index is 0.417. The fourth-order valence-corrected chi connectivity index (χ4v) is 14.8. The van der Waals surface area contributed by atoms with Gasteiger partial charge in [0.15, 0.2) is 23.0 Å². The second-order valence-corrected chi connectivity index (χ2v) is 31.1. The van der Waals surface area contributed by atoms with Gasteiger partial charge in [-0.3, -0.25) is 0 Å². The molecule has 0 aliphatic carbocycles. The van der Waals surface area contributed by atoms with Gasteiger partial charge in [0.2, 0.25) is 11.8 Å². The third-order valence-electron chi connectivity index (χ3n) is 21.6. The van der Waals surface area contributed by atoms with Crippen LogP contribution in [0.2, 0.25) is 0 Å². The van der Waals surface area contributed by atoms with Crippen LogP contribution in [0.3, 0.4) is 0 Å². The molecule has 0 spiro atoms. The maximum atomic E-state index is 6.84. The number of unbranched alkanes of at least 4 members (excludes halogenated alkanes) is 49. The molecule has 2 heterocycles. The molecule has 0 fully saturated rings. The molecule has 7 aromatic rings. The van der Waals surface area contributed by atoms with Crippen molar-refractivity contribution in [2.75, 3.05) is 33.0 Å². The molecule has 0 atom stereocenters. The van der Waals surface area contributed by atoms with Crippen molar-refractivity contribution < 1.29 is 28.1 Å². The van der Waals surface area contributed by atoms with Crippen LogP contribution in [0.4, 0.5) is 0 Å². The molecule has 0 radical (unpaired) electrons. The van der Waals surface area contributed by atoms with E-state index in [9.17, 15) is 0 Å². The molecule has 0 bridgehead atoms. The molecule has 0 aliphatic heterocycles. The highest BCUT2D eigenvalue weighted by Crippen LogP contribution is 2.41. The van der Waals surface area contributed by atoms with E-state index in [-0.39, 0.29) is 0 Å². The van der Waals surface area contributed by atoms with E-state index in [1.807, 2.05) is 18.2 Å². The second kappa shape index (κ2) is 57.0. The molecule has 10 nitrogen and oxygen atoms in total. The first kappa shape index (κ1) is 87.1. The smallest absolute Gasteiger partial charge is 0.248 e. The van der Waals surface area contributed by atoms with Crippen molar-refractivity contribution in [1.82, 2.24) is 20.2 Å². The average molecular weight is 1450 g/mol. The van der Waals surface area contributed by atoms with E-state index in [2.05, 4.69) is 118 Å². The number of aromatic nitrogens is 4. The Balaban J connectivity index is 1.10. The summed E-state index contributed by atoms with van der Waals surface area (Å²) in [6, 6.07) is 31.5. The molecule has 0 amide bonds. The normalized spacial score (nSPS) is 11.6. The van der Waals surface area contributed by atoms with E-state index < -0.39 is 0 Å². The van der Waals surface area contributed by atoms with Gasteiger partial charge in [-0.15, -0.1) is 10.2 Å². The maximum absolute atomic E-state index is 6.84. The average Bonchev–Trinajstić information content (AvgIpc) is 1.26. The fraction of sp³-hybridized carbons (Fsp3) is 0.667. The molecule has 0 N–H and O–H groups in total. The van der Waals surface area contributed by atoms with Crippen LogP contribution in [0.5, 0.6) is 28.7 Å². The Hall–Kier alpha value is -6.16. The topological polar surface area (TPSA) is 111 Å². The number of ether oxygens (including phenoxy) is 5. The highest BCUT2D eigenvalue weighted by molar-refractivity contribution is 5.90. The highest BCUT2D eigenvalue weighted by Gasteiger charge is 2.21. The zero-order chi connectivity index (χ0) is 74.2. The summed E-state index contributed by atoms with van der Waals surface area (Å²) in [6.07, 6.45) is 69.9. The lowest BCUT2D eigenvalue weighted by Crippen LogP contribution is -2.04. The Morgan fingerprint density at radius 1 is 0.226 bits per heavy atom. The minimum atomic E-state index is 0.417. The van der Waals surface area contributed by atoms with Crippen LogP contribution < -0.4 is 23.7 Å². The van der Waals surface area contributed by atoms with Crippen molar-refractivity contribution in [3.8, 4) is 74.2 Å². The summed E-state index contributed by atoms with van der Waals surface area (Å²) in [5, 5.41) is 11.5. The second-order valence-electron chi connectivity index (χ2n) is 31.1. The Morgan fingerprint density at radius 3 is 0.858 bits per heavy atom. The van der Waals surface area contributed by atoms with E-state index in [0.29, 0.717) is 43.7 Å². The fourth-order valence-electron chi connectivity index (χ4n) is 14.8. The molecular weight excluding hydrogens is 1310 g/mol. The van der Waals surface area contributed by atoms with Gasteiger partial charge in [0.25, 0.3) is 0 Å². The Bertz CT molecular complexity index is 3340. The number of benzene rings is 5. The van der Waals surface area contributed by atoms with Gasteiger partial charge < -0.3 is 28.1 Å². The lowest BCUT2D eigenvalue weighted by Gasteiger charge is -2.17. The van der Waals surface area contributed by atoms with E-state index in [0.717, 1.165) is 130 Å². The van der Waals surface area contributed by atoms with Crippen LogP contribution in [-0.2, 0) is 0 Å². The summed E-state index contributed by atoms with van der Waals surface area (Å²) in [4.78, 5) is 11.1. The molecule has 588 valence electrons. The molecule has 0 saturated heterocycles. The first-order valence-corrected chi connectivity index (χ1v) is 44.6. The molecule has 2 aromatic heterocycles. The number of rotatable bonds is 68. The van der Waals surface area contributed by atoms with Crippen LogP contribution in [0.1, 0.15) is 381 Å². The Labute approximate surface area is 646 Å². The van der Waals surface area contributed by atoms with Gasteiger partial charge in [0.05, 0.1) is 55.5 Å². The first-order valence-electron chi connectivity index (χ1n) is 44.6. The van der Waals surface area contributed by atoms with Gasteiger partial charge >= 0.3 is 0 Å². The van der Waals surface area contributed by atoms with Crippen LogP contribution in [-0.4, -0.2) is 53.2 Å². The third kappa shape index (κ3) is 35.5. The van der Waals surface area contributed by atoms with Crippen molar-refractivity contribution in [2.24, 2.45) is 0 Å². The van der Waals surface area contributed by atoms with Crippen molar-refractivity contribution in [3.05, 3.63) is 91.0 Å². The highest BCUT2D eigenvalue weighted by atomic mass is 16.5. The standard InChI is InChI=1S/C96H148N4O6/c1-6-11-16-21-26-31-36-37-38-39-44-45-50-55-70-101-86-66-62-80-75-84(61-60-81(80)76-86)95-99-100-96(106-95)85-63-67-87-88(77-85)98-94(83-65-69-90(103-72-57-52-47-41-33-28-23-18-13-8-3)92(79-83)105-74-59-54-49-43-35-30-25-20-15-10-5)93(97-87)82-64-68-89(102-71-56-51-46-40-32-27-22-17-12-7-2)91(78-82)104-73-58-53-48-42-34-29-24-19-14-9-4/h60-69,75-79H,6-59,70-74H2,1-5H3. The number of hydrogen-bond donors (Lipinski definition) is 0. The molecule has 0 aliphatic rings. The lowest BCUT2D eigenvalue weighted by atomic mass is 10.0. The minimum Gasteiger partial charge on any atom is -0.494 e. The molecule has 5 aromatic carbocycles. The van der Waals surface area contributed by atoms with Gasteiger partial charge in [0.1, 0.15) is 5.75 Å². The van der Waals surface area contributed by atoms with Crippen LogP contribution in [0, 0.1) is 0 Å². The predicted molar refractivity (Wildman–Crippen MR) is 452 cm³/mol. The Morgan fingerprint density at radius 2 is 0.500 bits per heavy atom. The third-order valence-corrected chi connectivity index (χ3v) is 21.6. The molecule has 10 heteroatoms. The van der Waals surface area contributed by atoms with Crippen molar-refractivity contribution in [2.45, 2.75) is 381 Å². The van der Waals surface area contributed by atoms with Gasteiger partial charge in [0, 0.05) is 22.3 Å². The van der Waals surface area contributed by atoms with Gasteiger partial charge in [-0.05, 0) is 122 Å². The molecule has 106 heavy (non-hydrogen) atoms. The van der Waals surface area contributed by atoms with E-state index >= 15 is 0 Å². The van der Waals surface area contributed by atoms with Crippen LogP contribution >= 0.6 is 0 Å². The van der Waals surface area contributed by atoms with Gasteiger partial charge in [-0.2, -0.15) is 0 Å². The number of fused-ring (bicyclic) bond motifs is 2. The number of nitrogens with zero attached hydrogens (tertiary/aromatic N) is 4. The van der Waals surface area contributed by atoms with Crippen molar-refractivity contribution in [1.29, 1.82) is 0 Å². The van der Waals surface area contributed by atoms with Gasteiger partial charge in [-0.1, -0.05) is 361 Å². The summed E-state index contributed by atoms with van der Waals surface area (Å²) >= 11 is 0. The summed E-state index contributed by atoms with van der Waals surface area (Å²) in [7, 11) is 0. The number of hydrogen-bond acceptors (Lipinski definition) is 10.